The minimum absolute atomic E-state index is 0.357. The molecule has 0 aliphatic rings. The van der Waals surface area contributed by atoms with Gasteiger partial charge in [-0.15, -0.1) is 0 Å². The van der Waals surface area contributed by atoms with Crippen LogP contribution >= 0.6 is 11.3 Å². The Hall–Kier alpha value is -2.54. The number of fused-ring (bicyclic) bond motifs is 1. The number of rotatable bonds is 2. The molecule has 0 spiro atoms. The van der Waals surface area contributed by atoms with Gasteiger partial charge in [0.1, 0.15) is 0 Å². The van der Waals surface area contributed by atoms with Crippen LogP contribution in [0.3, 0.4) is 0 Å². The van der Waals surface area contributed by atoms with Gasteiger partial charge in [-0.3, -0.25) is 5.32 Å². The maximum Gasteiger partial charge on any atom is 0.410 e. The minimum atomic E-state index is -1.12. The van der Waals surface area contributed by atoms with E-state index in [1.54, 1.807) is 18.6 Å². The molecular weight excluding hydrogens is 264 g/mol. The third-order valence-corrected chi connectivity index (χ3v) is 3.51. The predicted octanol–water partition coefficient (Wildman–Crippen LogP) is 2.84. The number of thiazole rings is 1. The van der Waals surface area contributed by atoms with Gasteiger partial charge in [0.25, 0.3) is 0 Å². The summed E-state index contributed by atoms with van der Waals surface area (Å²) >= 11 is 1.28. The van der Waals surface area contributed by atoms with Crippen LogP contribution in [-0.4, -0.2) is 26.4 Å². The van der Waals surface area contributed by atoms with Crippen LogP contribution in [0, 0.1) is 0 Å². The lowest BCUT2D eigenvalue weighted by Gasteiger charge is -1.99. The molecule has 2 N–H and O–H groups in total. The fourth-order valence-corrected chi connectivity index (χ4v) is 2.51. The lowest BCUT2D eigenvalue weighted by atomic mass is 10.1. The van der Waals surface area contributed by atoms with Gasteiger partial charge >= 0.3 is 6.09 Å². The third-order valence-electron chi connectivity index (χ3n) is 2.55. The molecule has 1 amide bonds. The number of aromatic nitrogens is 3. The Balaban J connectivity index is 1.99. The van der Waals surface area contributed by atoms with Crippen molar-refractivity contribution < 1.29 is 9.90 Å². The van der Waals surface area contributed by atoms with Crippen LogP contribution in [0.1, 0.15) is 0 Å². The summed E-state index contributed by atoms with van der Waals surface area (Å²) in [4.78, 5) is 15.4. The molecule has 6 nitrogen and oxygen atoms in total. The molecule has 0 saturated heterocycles. The average Bonchev–Trinajstić information content (AvgIpc) is 2.86. The molecule has 0 fully saturated rings. The zero-order valence-corrected chi connectivity index (χ0v) is 10.4. The molecular formula is C12H8N4O2S. The predicted molar refractivity (Wildman–Crippen MR) is 72.3 cm³/mol. The molecule has 19 heavy (non-hydrogen) atoms. The van der Waals surface area contributed by atoms with Crippen molar-refractivity contribution in [3.63, 3.8) is 0 Å². The fraction of sp³-hybridized carbons (Fsp3) is 0. The fourth-order valence-electron chi connectivity index (χ4n) is 1.71. The minimum Gasteiger partial charge on any atom is -0.465 e. The van der Waals surface area contributed by atoms with E-state index >= 15 is 0 Å². The monoisotopic (exact) mass is 272 g/mol. The van der Waals surface area contributed by atoms with Crippen molar-refractivity contribution >= 4 is 33.3 Å². The molecule has 94 valence electrons. The quantitative estimate of drug-likeness (QED) is 0.749. The normalized spacial score (nSPS) is 10.5. The van der Waals surface area contributed by atoms with Gasteiger partial charge in [0.2, 0.25) is 0 Å². The lowest BCUT2D eigenvalue weighted by molar-refractivity contribution is 0.209. The maximum absolute atomic E-state index is 10.5. The topological polar surface area (TPSA) is 88.0 Å². The number of nitrogens with zero attached hydrogens (tertiary/aromatic N) is 3. The Morgan fingerprint density at radius 1 is 1.16 bits per heavy atom. The number of hydrogen-bond donors (Lipinski definition) is 2. The number of anilines is 1. The third kappa shape index (κ3) is 2.36. The van der Waals surface area contributed by atoms with Crippen LogP contribution in [0.2, 0.25) is 0 Å². The smallest absolute Gasteiger partial charge is 0.410 e. The standard InChI is InChI=1S/C12H8N4O2S/c17-12(18)16-11-13-6-10(19-11)7-1-2-8-4-14-15-5-9(8)3-7/h1-6H,(H,13,16)(H,17,18). The van der Waals surface area contributed by atoms with Crippen molar-refractivity contribution in [2.24, 2.45) is 0 Å². The second-order valence-corrected chi connectivity index (χ2v) is 4.82. The number of benzene rings is 1. The largest absolute Gasteiger partial charge is 0.465 e. The molecule has 0 radical (unpaired) electrons. The first kappa shape index (κ1) is 11.5. The van der Waals surface area contributed by atoms with E-state index in [0.29, 0.717) is 5.13 Å². The highest BCUT2D eigenvalue weighted by Crippen LogP contribution is 2.30. The van der Waals surface area contributed by atoms with Gasteiger partial charge in [-0.05, 0) is 11.6 Å². The molecule has 1 aromatic carbocycles. The SMILES string of the molecule is O=C(O)Nc1ncc(-c2ccc3cnncc3c2)s1. The van der Waals surface area contributed by atoms with Crippen molar-refractivity contribution in [3.8, 4) is 10.4 Å². The second kappa shape index (κ2) is 4.62. The van der Waals surface area contributed by atoms with Crippen molar-refractivity contribution in [2.45, 2.75) is 0 Å². The van der Waals surface area contributed by atoms with Gasteiger partial charge in [-0.1, -0.05) is 23.5 Å². The summed E-state index contributed by atoms with van der Waals surface area (Å²) in [5.74, 6) is 0. The Morgan fingerprint density at radius 2 is 1.95 bits per heavy atom. The van der Waals surface area contributed by atoms with Crippen LogP contribution in [0.15, 0.2) is 36.8 Å². The molecule has 3 aromatic rings. The van der Waals surface area contributed by atoms with E-state index in [1.807, 2.05) is 18.2 Å². The molecule has 2 aromatic heterocycles. The maximum atomic E-state index is 10.5. The van der Waals surface area contributed by atoms with E-state index in [1.165, 1.54) is 11.3 Å². The Bertz CT molecular complexity index is 756. The van der Waals surface area contributed by atoms with E-state index in [0.717, 1.165) is 21.2 Å². The summed E-state index contributed by atoms with van der Waals surface area (Å²) in [5, 5.41) is 20.9. The highest BCUT2D eigenvalue weighted by atomic mass is 32.1. The summed E-state index contributed by atoms with van der Waals surface area (Å²) in [6.45, 7) is 0. The van der Waals surface area contributed by atoms with Gasteiger partial charge in [0.05, 0.1) is 17.3 Å². The van der Waals surface area contributed by atoms with Gasteiger partial charge in [-0.25, -0.2) is 9.78 Å². The summed E-state index contributed by atoms with van der Waals surface area (Å²) in [6.07, 6.45) is 3.92. The van der Waals surface area contributed by atoms with Crippen LogP contribution in [0.25, 0.3) is 21.2 Å². The van der Waals surface area contributed by atoms with Gasteiger partial charge < -0.3 is 5.11 Å². The first-order chi connectivity index (χ1) is 9.22. The number of carboxylic acid groups (broad SMARTS) is 1. The first-order valence-corrected chi connectivity index (χ1v) is 6.20. The van der Waals surface area contributed by atoms with Gasteiger partial charge in [-0.2, -0.15) is 10.2 Å². The van der Waals surface area contributed by atoms with E-state index < -0.39 is 6.09 Å². The molecule has 0 unspecified atom stereocenters. The van der Waals surface area contributed by atoms with Crippen molar-refractivity contribution in [2.75, 3.05) is 5.32 Å². The van der Waals surface area contributed by atoms with Gasteiger partial charge in [0, 0.05) is 17.0 Å². The van der Waals surface area contributed by atoms with Crippen LogP contribution in [0.5, 0.6) is 0 Å². The van der Waals surface area contributed by atoms with E-state index in [9.17, 15) is 4.79 Å². The van der Waals surface area contributed by atoms with Crippen LogP contribution in [-0.2, 0) is 0 Å². The zero-order chi connectivity index (χ0) is 13.2. The molecule has 2 heterocycles. The number of carbonyl (C=O) groups is 1. The molecule has 0 aliphatic carbocycles. The lowest BCUT2D eigenvalue weighted by Crippen LogP contribution is -2.06. The highest BCUT2D eigenvalue weighted by Gasteiger charge is 2.07. The number of hydrogen-bond acceptors (Lipinski definition) is 5. The van der Waals surface area contributed by atoms with Crippen molar-refractivity contribution in [1.29, 1.82) is 0 Å². The van der Waals surface area contributed by atoms with Crippen molar-refractivity contribution in [1.82, 2.24) is 15.2 Å². The molecule has 0 aliphatic heterocycles. The van der Waals surface area contributed by atoms with E-state index in [4.69, 9.17) is 5.11 Å². The second-order valence-electron chi connectivity index (χ2n) is 3.79. The van der Waals surface area contributed by atoms with E-state index in [2.05, 4.69) is 20.5 Å². The first-order valence-electron chi connectivity index (χ1n) is 5.39. The van der Waals surface area contributed by atoms with Crippen LogP contribution in [0.4, 0.5) is 9.93 Å². The number of amides is 1. The Labute approximate surface area is 111 Å². The Morgan fingerprint density at radius 3 is 2.74 bits per heavy atom. The van der Waals surface area contributed by atoms with E-state index in [-0.39, 0.29) is 0 Å². The molecule has 3 rings (SSSR count). The molecule has 0 bridgehead atoms. The summed E-state index contributed by atoms with van der Waals surface area (Å²) < 4.78 is 0. The average molecular weight is 272 g/mol. The number of nitrogens with one attached hydrogen (secondary N) is 1. The molecule has 0 saturated carbocycles. The molecule has 7 heteroatoms. The molecule has 0 atom stereocenters. The van der Waals surface area contributed by atoms with Gasteiger partial charge in [0.15, 0.2) is 5.13 Å². The zero-order valence-electron chi connectivity index (χ0n) is 9.57. The van der Waals surface area contributed by atoms with Crippen LogP contribution < -0.4 is 5.32 Å². The summed E-state index contributed by atoms with van der Waals surface area (Å²) in [6, 6.07) is 5.87. The highest BCUT2D eigenvalue weighted by molar-refractivity contribution is 7.19. The Kier molecular flexibility index (Phi) is 2.81. The van der Waals surface area contributed by atoms with Crippen molar-refractivity contribution in [3.05, 3.63) is 36.8 Å². The summed E-state index contributed by atoms with van der Waals surface area (Å²) in [7, 11) is 0. The summed E-state index contributed by atoms with van der Waals surface area (Å²) in [5.41, 5.74) is 0.969.